The number of nitrogens with two attached hydrogens (primary N) is 1. The first-order chi connectivity index (χ1) is 15.5. The molecule has 33 heavy (non-hydrogen) atoms. The van der Waals surface area contributed by atoms with E-state index in [1.165, 1.54) is 30.9 Å². The number of carbonyl (C=O) groups is 1. The Labute approximate surface area is 186 Å². The minimum atomic E-state index is -4.51. The van der Waals surface area contributed by atoms with Gasteiger partial charge >= 0.3 is 6.18 Å². The summed E-state index contributed by atoms with van der Waals surface area (Å²) in [4.78, 5) is 21.4. The Balaban J connectivity index is 1.74. The molecule has 1 amide bonds. The largest absolute Gasteiger partial charge is 0.497 e. The van der Waals surface area contributed by atoms with Gasteiger partial charge in [0.15, 0.2) is 6.33 Å². The number of hydrogen-bond acceptors (Lipinski definition) is 8. The second kappa shape index (κ2) is 9.18. The van der Waals surface area contributed by atoms with E-state index in [4.69, 9.17) is 10.6 Å². The van der Waals surface area contributed by atoms with Crippen LogP contribution in [-0.4, -0.2) is 51.2 Å². The maximum absolute atomic E-state index is 12.4. The van der Waals surface area contributed by atoms with Crippen LogP contribution in [-0.2, 0) is 4.79 Å². The van der Waals surface area contributed by atoms with Crippen molar-refractivity contribution in [2.45, 2.75) is 25.6 Å². The summed E-state index contributed by atoms with van der Waals surface area (Å²) < 4.78 is 43.7. The molecule has 0 atom stereocenters. The number of alkyl halides is 3. The number of nitrogen functional groups attached to an aromatic ring is 1. The number of halogens is 3. The average molecular weight is 466 g/mol. The van der Waals surface area contributed by atoms with Crippen molar-refractivity contribution in [3.8, 4) is 11.6 Å². The fourth-order valence-electron chi connectivity index (χ4n) is 2.73. The van der Waals surface area contributed by atoms with E-state index in [1.807, 2.05) is 5.32 Å². The van der Waals surface area contributed by atoms with E-state index in [2.05, 4.69) is 25.7 Å². The minimum Gasteiger partial charge on any atom is -0.497 e. The van der Waals surface area contributed by atoms with E-state index in [9.17, 15) is 18.0 Å². The Hall–Kier alpha value is -4.10. The molecular weight excluding hydrogens is 443 g/mol. The number of nitrogens with one attached hydrogen (secondary N) is 3. The zero-order chi connectivity index (χ0) is 24.2. The molecular formula is C19H23F3N9O2+. The molecule has 11 nitrogen and oxygen atoms in total. The van der Waals surface area contributed by atoms with Crippen LogP contribution < -0.4 is 31.2 Å². The van der Waals surface area contributed by atoms with Crippen LogP contribution in [0.25, 0.3) is 5.82 Å². The third kappa shape index (κ3) is 6.21. The number of rotatable bonds is 8. The molecule has 0 saturated carbocycles. The highest BCUT2D eigenvalue weighted by Gasteiger charge is 2.33. The van der Waals surface area contributed by atoms with Crippen molar-refractivity contribution in [2.75, 3.05) is 30.1 Å². The molecule has 0 radical (unpaired) electrons. The van der Waals surface area contributed by atoms with Gasteiger partial charge in [0.2, 0.25) is 11.7 Å². The Morgan fingerprint density at radius 2 is 1.88 bits per heavy atom. The quantitative estimate of drug-likeness (QED) is 0.288. The summed E-state index contributed by atoms with van der Waals surface area (Å²) in [6.07, 6.45) is -1.71. The van der Waals surface area contributed by atoms with Crippen molar-refractivity contribution in [1.29, 1.82) is 0 Å². The van der Waals surface area contributed by atoms with Gasteiger partial charge in [-0.3, -0.25) is 4.79 Å². The van der Waals surface area contributed by atoms with Crippen molar-refractivity contribution in [2.24, 2.45) is 0 Å². The molecule has 1 aromatic carbocycles. The van der Waals surface area contributed by atoms with E-state index in [1.54, 1.807) is 37.6 Å². The van der Waals surface area contributed by atoms with Crippen LogP contribution >= 0.6 is 0 Å². The number of methoxy groups -OCH3 is 1. The Morgan fingerprint density at radius 3 is 2.52 bits per heavy atom. The first kappa shape index (κ1) is 23.6. The fraction of sp³-hybridized carbons (Fsp3) is 0.316. The Morgan fingerprint density at radius 1 is 1.18 bits per heavy atom. The number of aromatic nitrogens is 5. The van der Waals surface area contributed by atoms with E-state index in [0.29, 0.717) is 17.4 Å². The highest BCUT2D eigenvalue weighted by molar-refractivity contribution is 5.88. The van der Waals surface area contributed by atoms with Crippen molar-refractivity contribution >= 4 is 23.2 Å². The summed E-state index contributed by atoms with van der Waals surface area (Å²) in [5.74, 6) is 6.72. The summed E-state index contributed by atoms with van der Waals surface area (Å²) in [6, 6.07) is 8.64. The van der Waals surface area contributed by atoms with Crippen LogP contribution in [0.15, 0.2) is 42.9 Å². The van der Waals surface area contributed by atoms with Gasteiger partial charge < -0.3 is 20.7 Å². The van der Waals surface area contributed by atoms with Crippen LogP contribution in [0.5, 0.6) is 5.75 Å². The van der Waals surface area contributed by atoms with Crippen molar-refractivity contribution in [3.05, 3.63) is 42.9 Å². The third-order valence-electron chi connectivity index (χ3n) is 4.38. The normalized spacial score (nSPS) is 11.7. The van der Waals surface area contributed by atoms with Gasteiger partial charge in [-0.05, 0) is 43.2 Å². The lowest BCUT2D eigenvalue weighted by atomic mass is 10.0. The van der Waals surface area contributed by atoms with Crippen molar-refractivity contribution in [3.63, 3.8) is 0 Å². The van der Waals surface area contributed by atoms with Gasteiger partial charge in [0.1, 0.15) is 29.8 Å². The predicted octanol–water partition coefficient (Wildman–Crippen LogP) is 1.28. The lowest BCUT2D eigenvalue weighted by molar-refractivity contribution is -0.687. The molecule has 0 aliphatic heterocycles. The zero-order valence-electron chi connectivity index (χ0n) is 18.0. The van der Waals surface area contributed by atoms with Gasteiger partial charge in [-0.2, -0.15) is 13.2 Å². The number of benzene rings is 1. The summed E-state index contributed by atoms with van der Waals surface area (Å²) in [6.45, 7) is 1.42. The lowest BCUT2D eigenvalue weighted by Gasteiger charge is -2.25. The molecule has 5 N–H and O–H groups in total. The highest BCUT2D eigenvalue weighted by Crippen LogP contribution is 2.19. The molecule has 14 heteroatoms. The number of amides is 1. The number of ether oxygens (including phenoxy) is 1. The monoisotopic (exact) mass is 466 g/mol. The molecule has 2 heterocycles. The van der Waals surface area contributed by atoms with Gasteiger partial charge in [-0.25, -0.2) is 10.8 Å². The van der Waals surface area contributed by atoms with Gasteiger partial charge in [0.25, 0.3) is 5.82 Å². The second-order valence-corrected chi connectivity index (χ2v) is 7.44. The Kier molecular flexibility index (Phi) is 6.55. The molecule has 176 valence electrons. The van der Waals surface area contributed by atoms with Gasteiger partial charge in [-0.1, -0.05) is 0 Å². The van der Waals surface area contributed by atoms with Crippen molar-refractivity contribution < 1.29 is 27.4 Å². The maximum Gasteiger partial charge on any atom is 0.405 e. The van der Waals surface area contributed by atoms with Gasteiger partial charge in [0, 0.05) is 10.6 Å². The number of carbonyl (C=O) groups excluding carboxylic acids is 1. The van der Waals surface area contributed by atoms with Gasteiger partial charge in [-0.15, -0.1) is 9.67 Å². The van der Waals surface area contributed by atoms with Gasteiger partial charge in [0.05, 0.1) is 13.2 Å². The molecule has 0 spiro atoms. The topological polar surface area (TPSA) is 136 Å². The summed E-state index contributed by atoms with van der Waals surface area (Å²) in [7, 11) is 1.57. The van der Waals surface area contributed by atoms with E-state index < -0.39 is 24.2 Å². The first-order valence-electron chi connectivity index (χ1n) is 9.61. The van der Waals surface area contributed by atoms with Crippen LogP contribution in [0.2, 0.25) is 0 Å². The van der Waals surface area contributed by atoms with Crippen LogP contribution in [0.1, 0.15) is 13.8 Å². The summed E-state index contributed by atoms with van der Waals surface area (Å²) in [5.41, 5.74) is -0.635. The zero-order valence-corrected chi connectivity index (χ0v) is 18.0. The van der Waals surface area contributed by atoms with Crippen LogP contribution in [0.3, 0.4) is 0 Å². The third-order valence-corrected chi connectivity index (χ3v) is 4.38. The molecule has 0 saturated heterocycles. The van der Waals surface area contributed by atoms with E-state index in [-0.39, 0.29) is 5.82 Å². The number of anilines is 3. The molecule has 0 unspecified atom stereocenters. The fourth-order valence-corrected chi connectivity index (χ4v) is 2.73. The van der Waals surface area contributed by atoms with Crippen molar-refractivity contribution in [1.82, 2.24) is 25.3 Å². The number of nitrogens with zero attached hydrogens (tertiary/aromatic N) is 5. The molecule has 0 fully saturated rings. The molecule has 2 aromatic heterocycles. The maximum atomic E-state index is 12.4. The molecule has 0 aliphatic carbocycles. The smallest absolute Gasteiger partial charge is 0.405 e. The highest BCUT2D eigenvalue weighted by atomic mass is 19.4. The first-order valence-corrected chi connectivity index (χ1v) is 9.61. The standard InChI is InChI=1S/C19H22F3N9O2/c1-18(2,17(32)24-10-19(20,21)22)28-14-8-16(26-11-25-14)30-9-15(29-31(30)23)27-12-4-6-13(33-3)7-5-12/h4-9,11H,10H2,1-3H3,(H4-,23,24,25,26,27,28,29,32)/p+1. The van der Waals surface area contributed by atoms with E-state index >= 15 is 0 Å². The van der Waals surface area contributed by atoms with E-state index in [0.717, 1.165) is 10.6 Å². The van der Waals surface area contributed by atoms with Crippen LogP contribution in [0, 0.1) is 0 Å². The average Bonchev–Trinajstić information content (AvgIpc) is 3.11. The lowest BCUT2D eigenvalue weighted by Crippen LogP contribution is -2.50. The molecule has 3 rings (SSSR count). The SMILES string of the molecule is COc1ccc(Nc2c[n+](-c3cc(NC(C)(C)C(=O)NCC(F)(F)F)ncn3)n(N)n2)cc1. The second-order valence-electron chi connectivity index (χ2n) is 7.44. The minimum absolute atomic E-state index is 0.200. The summed E-state index contributed by atoms with van der Waals surface area (Å²) in [5, 5.41) is 11.9. The Bertz CT molecular complexity index is 1110. The molecule has 0 aliphatic rings. The summed E-state index contributed by atoms with van der Waals surface area (Å²) >= 11 is 0. The molecule has 0 bridgehead atoms. The molecule has 3 aromatic rings. The number of hydrogen-bond donors (Lipinski definition) is 4. The predicted molar refractivity (Wildman–Crippen MR) is 113 cm³/mol. The van der Waals surface area contributed by atoms with Crippen LogP contribution in [0.4, 0.5) is 30.5 Å².